The van der Waals surface area contributed by atoms with E-state index in [-0.39, 0.29) is 11.9 Å². The van der Waals surface area contributed by atoms with Gasteiger partial charge in [0, 0.05) is 34.8 Å². The Labute approximate surface area is 163 Å². The van der Waals surface area contributed by atoms with Crippen LogP contribution in [-0.4, -0.2) is 22.9 Å². The molecule has 28 heavy (non-hydrogen) atoms. The van der Waals surface area contributed by atoms with Gasteiger partial charge in [-0.15, -0.1) is 0 Å². The first-order valence-corrected chi connectivity index (χ1v) is 9.35. The molecule has 1 aliphatic heterocycles. The summed E-state index contributed by atoms with van der Waals surface area (Å²) in [5, 5.41) is 1.15. The van der Waals surface area contributed by atoms with Crippen LogP contribution in [0.3, 0.4) is 0 Å². The average molecular weight is 368 g/mol. The quantitative estimate of drug-likeness (QED) is 0.556. The molecule has 1 N–H and O–H groups in total. The van der Waals surface area contributed by atoms with Crippen molar-refractivity contribution in [2.45, 2.75) is 12.6 Å². The molecule has 0 aliphatic carbocycles. The third kappa shape index (κ3) is 2.57. The summed E-state index contributed by atoms with van der Waals surface area (Å²) in [6.07, 6.45) is 2.03. The molecule has 4 aromatic rings. The fourth-order valence-electron chi connectivity index (χ4n) is 4.12. The highest BCUT2D eigenvalue weighted by Crippen LogP contribution is 2.41. The number of rotatable bonds is 4. The van der Waals surface area contributed by atoms with Crippen LogP contribution in [0.15, 0.2) is 79.0 Å². The molecule has 1 aromatic heterocycles. The number of ether oxygens (including phenoxy) is 1. The highest BCUT2D eigenvalue weighted by Gasteiger charge is 2.38. The number of nitrogens with zero attached hydrogens (tertiary/aromatic N) is 1. The van der Waals surface area contributed by atoms with Crippen molar-refractivity contribution < 1.29 is 9.53 Å². The molecule has 0 spiro atoms. The Morgan fingerprint density at radius 2 is 1.68 bits per heavy atom. The third-order valence-electron chi connectivity index (χ3n) is 5.49. The van der Waals surface area contributed by atoms with E-state index in [1.54, 1.807) is 7.11 Å². The molecule has 0 radical (unpaired) electrons. The zero-order valence-corrected chi connectivity index (χ0v) is 15.6. The first-order chi connectivity index (χ1) is 13.8. The minimum atomic E-state index is -0.109. The molecule has 0 unspecified atom stereocenters. The molecule has 0 saturated carbocycles. The molecular weight excluding hydrogens is 348 g/mol. The fraction of sp³-hybridized carbons (Fsp3) is 0.125. The topological polar surface area (TPSA) is 45.3 Å². The Kier molecular flexibility index (Phi) is 3.90. The lowest BCUT2D eigenvalue weighted by atomic mass is 9.97. The number of methoxy groups -OCH3 is 1. The van der Waals surface area contributed by atoms with E-state index in [4.69, 9.17) is 4.74 Å². The summed E-state index contributed by atoms with van der Waals surface area (Å²) in [6, 6.07) is 23.9. The number of benzene rings is 3. The van der Waals surface area contributed by atoms with Gasteiger partial charge in [-0.1, -0.05) is 48.5 Å². The van der Waals surface area contributed by atoms with Crippen LogP contribution in [0, 0.1) is 0 Å². The number of carbonyl (C=O) groups excluding carboxylic acids is 1. The van der Waals surface area contributed by atoms with Crippen LogP contribution < -0.4 is 4.74 Å². The normalized spacial score (nSPS) is 15.8. The van der Waals surface area contributed by atoms with Gasteiger partial charge in [-0.3, -0.25) is 4.79 Å². The van der Waals surface area contributed by atoms with Gasteiger partial charge in [-0.2, -0.15) is 0 Å². The molecular formula is C24H20N2O2. The lowest BCUT2D eigenvalue weighted by Crippen LogP contribution is -2.28. The first kappa shape index (κ1) is 16.6. The van der Waals surface area contributed by atoms with Gasteiger partial charge in [-0.25, -0.2) is 0 Å². The molecule has 4 nitrogen and oxygen atoms in total. The molecule has 0 fully saturated rings. The monoisotopic (exact) mass is 368 g/mol. The Morgan fingerprint density at radius 1 is 0.929 bits per heavy atom. The second-order valence-corrected chi connectivity index (χ2v) is 7.06. The van der Waals surface area contributed by atoms with Crippen molar-refractivity contribution in [1.29, 1.82) is 0 Å². The van der Waals surface area contributed by atoms with Crippen LogP contribution in [0.2, 0.25) is 0 Å². The van der Waals surface area contributed by atoms with Crippen molar-refractivity contribution in [3.63, 3.8) is 0 Å². The fourth-order valence-corrected chi connectivity index (χ4v) is 4.12. The zero-order chi connectivity index (χ0) is 19.1. The maximum Gasteiger partial charge on any atom is 0.255 e. The van der Waals surface area contributed by atoms with E-state index in [0.717, 1.165) is 38.9 Å². The average Bonchev–Trinajstić information content (AvgIpc) is 3.28. The van der Waals surface area contributed by atoms with E-state index in [1.165, 1.54) is 0 Å². The molecule has 0 bridgehead atoms. The Morgan fingerprint density at radius 3 is 2.50 bits per heavy atom. The van der Waals surface area contributed by atoms with Crippen molar-refractivity contribution in [3.8, 4) is 5.75 Å². The van der Waals surface area contributed by atoms with Crippen LogP contribution in [0.1, 0.15) is 33.1 Å². The predicted octanol–water partition coefficient (Wildman–Crippen LogP) is 4.92. The maximum atomic E-state index is 13.3. The van der Waals surface area contributed by atoms with Crippen molar-refractivity contribution in [2.75, 3.05) is 7.11 Å². The number of carbonyl (C=O) groups is 1. The highest BCUT2D eigenvalue weighted by atomic mass is 16.5. The van der Waals surface area contributed by atoms with Gasteiger partial charge >= 0.3 is 0 Å². The molecule has 1 aliphatic rings. The minimum absolute atomic E-state index is 0.0710. The summed E-state index contributed by atoms with van der Waals surface area (Å²) in [5.41, 5.74) is 5.13. The summed E-state index contributed by atoms with van der Waals surface area (Å²) in [7, 11) is 1.66. The minimum Gasteiger partial charge on any atom is -0.497 e. The van der Waals surface area contributed by atoms with Crippen molar-refractivity contribution in [1.82, 2.24) is 9.88 Å². The van der Waals surface area contributed by atoms with Gasteiger partial charge < -0.3 is 14.6 Å². The van der Waals surface area contributed by atoms with Crippen LogP contribution in [0.25, 0.3) is 10.9 Å². The molecule has 1 atom stereocenters. The van der Waals surface area contributed by atoms with Crippen molar-refractivity contribution >= 4 is 16.8 Å². The van der Waals surface area contributed by atoms with E-state index >= 15 is 0 Å². The van der Waals surface area contributed by atoms with Crippen LogP contribution >= 0.6 is 0 Å². The molecule has 4 heteroatoms. The number of aromatic amines is 1. The standard InChI is InChI=1S/C24H20N2O2/c1-28-17-12-10-16(11-13-17)15-26-23(19-7-2-3-8-20(19)24(26)27)21-14-25-22-9-5-4-6-18(21)22/h2-14,23,25H,15H2,1H3/t23-/m1/s1. The Hall–Kier alpha value is -3.53. The third-order valence-corrected chi connectivity index (χ3v) is 5.49. The second kappa shape index (κ2) is 6.57. The van der Waals surface area contributed by atoms with Crippen LogP contribution in [0.4, 0.5) is 0 Å². The van der Waals surface area contributed by atoms with Gasteiger partial charge in [0.25, 0.3) is 5.91 Å². The summed E-state index contributed by atoms with van der Waals surface area (Å²) in [5.74, 6) is 0.884. The SMILES string of the molecule is COc1ccc(CN2C(=O)c3ccccc3[C@@H]2c2c[nH]c3ccccc23)cc1. The van der Waals surface area contributed by atoms with E-state index in [1.807, 2.05) is 65.7 Å². The highest BCUT2D eigenvalue weighted by molar-refractivity contribution is 6.00. The van der Waals surface area contributed by atoms with Gasteiger partial charge in [0.05, 0.1) is 13.2 Å². The maximum absolute atomic E-state index is 13.3. The number of aromatic nitrogens is 1. The zero-order valence-electron chi connectivity index (χ0n) is 15.6. The van der Waals surface area contributed by atoms with Gasteiger partial charge in [0.1, 0.15) is 5.75 Å². The Balaban J connectivity index is 1.61. The number of H-pyrrole nitrogens is 1. The van der Waals surface area contributed by atoms with Gasteiger partial charge in [0.2, 0.25) is 0 Å². The molecule has 1 amide bonds. The molecule has 3 aromatic carbocycles. The molecule has 138 valence electrons. The first-order valence-electron chi connectivity index (χ1n) is 9.35. The smallest absolute Gasteiger partial charge is 0.255 e. The van der Waals surface area contributed by atoms with E-state index in [0.29, 0.717) is 6.54 Å². The van der Waals surface area contributed by atoms with Crippen molar-refractivity contribution in [3.05, 3.63) is 101 Å². The van der Waals surface area contributed by atoms with Gasteiger partial charge in [-0.05, 0) is 35.4 Å². The number of hydrogen-bond donors (Lipinski definition) is 1. The summed E-state index contributed by atoms with van der Waals surface area (Å²) < 4.78 is 5.25. The number of hydrogen-bond acceptors (Lipinski definition) is 2. The number of para-hydroxylation sites is 1. The largest absolute Gasteiger partial charge is 0.497 e. The van der Waals surface area contributed by atoms with Crippen molar-refractivity contribution in [2.24, 2.45) is 0 Å². The van der Waals surface area contributed by atoms with E-state index in [9.17, 15) is 4.79 Å². The summed E-state index contributed by atoms with van der Waals surface area (Å²) in [4.78, 5) is 18.6. The number of nitrogens with one attached hydrogen (secondary N) is 1. The van der Waals surface area contributed by atoms with Crippen LogP contribution in [-0.2, 0) is 6.54 Å². The number of amides is 1. The van der Waals surface area contributed by atoms with Gasteiger partial charge in [0.15, 0.2) is 0 Å². The van der Waals surface area contributed by atoms with Crippen LogP contribution in [0.5, 0.6) is 5.75 Å². The molecule has 2 heterocycles. The lowest BCUT2D eigenvalue weighted by molar-refractivity contribution is 0.0737. The summed E-state index contributed by atoms with van der Waals surface area (Å²) >= 11 is 0. The Bertz CT molecular complexity index is 1160. The molecule has 0 saturated heterocycles. The van der Waals surface area contributed by atoms with E-state index < -0.39 is 0 Å². The molecule has 5 rings (SSSR count). The second-order valence-electron chi connectivity index (χ2n) is 7.06. The summed E-state index contributed by atoms with van der Waals surface area (Å²) in [6.45, 7) is 0.543. The van der Waals surface area contributed by atoms with E-state index in [2.05, 4.69) is 23.2 Å². The lowest BCUT2D eigenvalue weighted by Gasteiger charge is -2.25. The predicted molar refractivity (Wildman–Crippen MR) is 109 cm³/mol. The number of fused-ring (bicyclic) bond motifs is 2.